The van der Waals surface area contributed by atoms with Gasteiger partial charge in [-0.1, -0.05) is 139 Å². The van der Waals surface area contributed by atoms with E-state index in [-0.39, 0.29) is 12.6 Å². The van der Waals surface area contributed by atoms with E-state index in [0.717, 1.165) is 34.4 Å². The molecule has 0 bridgehead atoms. The van der Waals surface area contributed by atoms with Gasteiger partial charge in [-0.05, 0) is 40.5 Å². The summed E-state index contributed by atoms with van der Waals surface area (Å²) in [6.45, 7) is 2.26. The molecule has 202 valence electrons. The van der Waals surface area contributed by atoms with Gasteiger partial charge >= 0.3 is 5.97 Å². The molecule has 0 amide bonds. The first-order chi connectivity index (χ1) is 18.2. The highest BCUT2D eigenvalue weighted by Gasteiger charge is 2.21. The fraction of sp³-hybridized carbons (Fsp3) is 0.545. The second-order valence-electron chi connectivity index (χ2n) is 10.4. The normalized spacial score (nSPS) is 12.3. The van der Waals surface area contributed by atoms with Crippen LogP contribution in [-0.2, 0) is 9.62 Å². The first-order valence-electron chi connectivity index (χ1n) is 14.6. The molecule has 0 aromatic heterocycles. The molecule has 0 spiro atoms. The zero-order valence-corrected chi connectivity index (χ0v) is 22.8. The number of hydrogen-bond acceptors (Lipinski definition) is 4. The Morgan fingerprint density at radius 3 is 1.65 bits per heavy atom. The third-order valence-corrected chi connectivity index (χ3v) is 7.39. The molecule has 0 aliphatic rings. The van der Waals surface area contributed by atoms with Crippen LogP contribution < -0.4 is 0 Å². The minimum atomic E-state index is -0.465. The molecule has 0 heterocycles. The van der Waals surface area contributed by atoms with Gasteiger partial charge in [0.1, 0.15) is 12.7 Å². The van der Waals surface area contributed by atoms with Crippen molar-refractivity contribution in [3.8, 4) is 0 Å². The van der Waals surface area contributed by atoms with Crippen molar-refractivity contribution in [2.24, 2.45) is 0 Å². The van der Waals surface area contributed by atoms with Crippen LogP contribution in [0.3, 0.4) is 0 Å². The lowest BCUT2D eigenvalue weighted by molar-refractivity contribution is -0.256. The van der Waals surface area contributed by atoms with E-state index in [1.54, 1.807) is 0 Å². The molecule has 0 aliphatic carbocycles. The van der Waals surface area contributed by atoms with Crippen molar-refractivity contribution < 1.29 is 19.7 Å². The lowest BCUT2D eigenvalue weighted by atomic mass is 9.97. The molecule has 3 rings (SSSR count). The topological polar surface area (TPSA) is 55.8 Å². The zero-order valence-electron chi connectivity index (χ0n) is 22.8. The van der Waals surface area contributed by atoms with Crippen LogP contribution in [0.2, 0.25) is 0 Å². The van der Waals surface area contributed by atoms with E-state index in [1.165, 1.54) is 77.0 Å². The first kappa shape index (κ1) is 29.1. The highest BCUT2D eigenvalue weighted by atomic mass is 17.1. The number of fused-ring (bicyclic) bond motifs is 2. The number of unbranched alkanes of at least 4 members (excludes halogenated alkanes) is 13. The Morgan fingerprint density at radius 2 is 1.16 bits per heavy atom. The average Bonchev–Trinajstić information content (AvgIpc) is 2.91. The van der Waals surface area contributed by atoms with Gasteiger partial charge in [-0.3, -0.25) is 5.26 Å². The summed E-state index contributed by atoms with van der Waals surface area (Å²) in [5, 5.41) is 12.9. The summed E-state index contributed by atoms with van der Waals surface area (Å²) in [4.78, 5) is 17.8. The van der Waals surface area contributed by atoms with Gasteiger partial charge in [0.2, 0.25) is 0 Å². The van der Waals surface area contributed by atoms with E-state index in [9.17, 15) is 4.79 Å². The summed E-state index contributed by atoms with van der Waals surface area (Å²) >= 11 is 0. The van der Waals surface area contributed by atoms with Crippen LogP contribution in [0.1, 0.15) is 114 Å². The number of carbonyl (C=O) groups is 1. The standard InChI is InChI=1S/C33H46O4/c1-2-3-4-5-6-7-8-9-10-11-12-13-14-15-22-29(26-36-35)37-33(34)32-30-23-18-16-20-27(30)25-28-21-17-19-24-31(28)32/h16-21,23-25,29,35H,2-15,22,26H2,1H3. The molecular weight excluding hydrogens is 460 g/mol. The molecule has 3 aromatic carbocycles. The minimum Gasteiger partial charge on any atom is -0.456 e. The Kier molecular flexibility index (Phi) is 13.5. The van der Waals surface area contributed by atoms with Crippen molar-refractivity contribution in [3.63, 3.8) is 0 Å². The molecule has 0 radical (unpaired) electrons. The largest absolute Gasteiger partial charge is 0.456 e. The van der Waals surface area contributed by atoms with Gasteiger partial charge in [-0.25, -0.2) is 9.68 Å². The summed E-state index contributed by atoms with van der Waals surface area (Å²) in [6, 6.07) is 17.9. The number of carbonyl (C=O) groups excluding carboxylic acids is 1. The fourth-order valence-electron chi connectivity index (χ4n) is 5.27. The molecule has 4 heteroatoms. The van der Waals surface area contributed by atoms with Crippen LogP contribution in [0.4, 0.5) is 0 Å². The molecule has 0 saturated heterocycles. The maximum atomic E-state index is 13.3. The monoisotopic (exact) mass is 506 g/mol. The molecule has 1 atom stereocenters. The quantitative estimate of drug-likeness (QED) is 0.0578. The second kappa shape index (κ2) is 17.1. The number of ether oxygens (including phenoxy) is 1. The van der Waals surface area contributed by atoms with Crippen LogP contribution in [0, 0.1) is 0 Å². The van der Waals surface area contributed by atoms with Gasteiger partial charge in [0.25, 0.3) is 0 Å². The van der Waals surface area contributed by atoms with Crippen molar-refractivity contribution in [2.75, 3.05) is 6.61 Å². The van der Waals surface area contributed by atoms with Crippen molar-refractivity contribution in [1.29, 1.82) is 0 Å². The van der Waals surface area contributed by atoms with E-state index in [1.807, 2.05) is 48.5 Å². The third-order valence-electron chi connectivity index (χ3n) is 7.39. The molecule has 37 heavy (non-hydrogen) atoms. The number of esters is 1. The third kappa shape index (κ3) is 9.75. The van der Waals surface area contributed by atoms with Crippen molar-refractivity contribution in [1.82, 2.24) is 0 Å². The number of rotatable bonds is 19. The average molecular weight is 507 g/mol. The Labute approximate surface area is 223 Å². The lowest BCUT2D eigenvalue weighted by Gasteiger charge is -2.18. The van der Waals surface area contributed by atoms with Crippen LogP contribution >= 0.6 is 0 Å². The zero-order chi connectivity index (χ0) is 26.1. The Bertz CT molecular complexity index is 1010. The van der Waals surface area contributed by atoms with Crippen LogP contribution in [-0.4, -0.2) is 23.9 Å². The molecule has 1 N–H and O–H groups in total. The molecular formula is C33H46O4. The molecule has 1 unspecified atom stereocenters. The fourth-order valence-corrected chi connectivity index (χ4v) is 5.27. The van der Waals surface area contributed by atoms with Crippen LogP contribution in [0.5, 0.6) is 0 Å². The summed E-state index contributed by atoms with van der Waals surface area (Å²) < 4.78 is 5.88. The van der Waals surface area contributed by atoms with Gasteiger partial charge in [0.15, 0.2) is 0 Å². The van der Waals surface area contributed by atoms with Gasteiger partial charge in [0, 0.05) is 0 Å². The SMILES string of the molecule is CCCCCCCCCCCCCCCCC(COO)OC(=O)c1c2ccccc2cc2ccccc12. The Morgan fingerprint density at radius 1 is 0.703 bits per heavy atom. The lowest BCUT2D eigenvalue weighted by Crippen LogP contribution is -2.23. The van der Waals surface area contributed by atoms with Crippen LogP contribution in [0.15, 0.2) is 54.6 Å². The predicted molar refractivity (Wildman–Crippen MR) is 154 cm³/mol. The minimum absolute atomic E-state index is 0.00706. The van der Waals surface area contributed by atoms with E-state index in [2.05, 4.69) is 17.9 Å². The van der Waals surface area contributed by atoms with E-state index >= 15 is 0 Å². The maximum Gasteiger partial charge on any atom is 0.339 e. The molecule has 3 aromatic rings. The summed E-state index contributed by atoms with van der Waals surface area (Å²) in [6.07, 6.45) is 18.5. The summed E-state index contributed by atoms with van der Waals surface area (Å²) in [5.74, 6) is -0.361. The van der Waals surface area contributed by atoms with E-state index < -0.39 is 6.10 Å². The van der Waals surface area contributed by atoms with Gasteiger partial charge in [-0.15, -0.1) is 0 Å². The van der Waals surface area contributed by atoms with E-state index in [0.29, 0.717) is 12.0 Å². The maximum absolute atomic E-state index is 13.3. The number of hydrogen-bond donors (Lipinski definition) is 1. The second-order valence-corrected chi connectivity index (χ2v) is 10.4. The van der Waals surface area contributed by atoms with E-state index in [4.69, 9.17) is 9.99 Å². The van der Waals surface area contributed by atoms with Crippen molar-refractivity contribution in [3.05, 3.63) is 60.2 Å². The number of benzene rings is 3. The first-order valence-corrected chi connectivity index (χ1v) is 14.6. The predicted octanol–water partition coefficient (Wildman–Crippen LogP) is 9.88. The molecule has 0 fully saturated rings. The summed E-state index contributed by atoms with van der Waals surface area (Å²) in [5.41, 5.74) is 0.581. The summed E-state index contributed by atoms with van der Waals surface area (Å²) in [7, 11) is 0. The molecule has 0 aliphatic heterocycles. The smallest absolute Gasteiger partial charge is 0.339 e. The van der Waals surface area contributed by atoms with Gasteiger partial charge < -0.3 is 4.74 Å². The molecule has 4 nitrogen and oxygen atoms in total. The Balaban J connectivity index is 1.39. The van der Waals surface area contributed by atoms with Gasteiger partial charge in [0.05, 0.1) is 5.56 Å². The van der Waals surface area contributed by atoms with Crippen molar-refractivity contribution in [2.45, 2.75) is 109 Å². The van der Waals surface area contributed by atoms with Crippen LogP contribution in [0.25, 0.3) is 21.5 Å². The van der Waals surface area contributed by atoms with Crippen molar-refractivity contribution >= 4 is 27.5 Å². The highest BCUT2D eigenvalue weighted by Crippen LogP contribution is 2.29. The highest BCUT2D eigenvalue weighted by molar-refractivity contribution is 6.16. The molecule has 0 saturated carbocycles. The van der Waals surface area contributed by atoms with Gasteiger partial charge in [-0.2, -0.15) is 0 Å². The Hall–Kier alpha value is -2.43.